The zero-order valence-corrected chi connectivity index (χ0v) is 15.8. The zero-order valence-electron chi connectivity index (χ0n) is 13.3. The van der Waals surface area contributed by atoms with Crippen molar-refractivity contribution in [3.05, 3.63) is 24.3 Å². The first-order valence-corrected chi connectivity index (χ1v) is 11.2. The molecule has 0 aliphatic heterocycles. The van der Waals surface area contributed by atoms with Gasteiger partial charge in [-0.25, -0.2) is 0 Å². The molecule has 22 heavy (non-hydrogen) atoms. The maximum atomic E-state index is 12.5. The minimum absolute atomic E-state index is 0.419. The lowest BCUT2D eigenvalue weighted by atomic mass is 10.3. The first kappa shape index (κ1) is 18.0. The van der Waals surface area contributed by atoms with Crippen molar-refractivity contribution in [2.75, 3.05) is 25.6 Å². The van der Waals surface area contributed by atoms with E-state index >= 15 is 0 Å². The molecule has 0 amide bonds. The number of aryl methyl sites for hydroxylation is 1. The largest absolute Gasteiger partial charge is 0.330 e. The van der Waals surface area contributed by atoms with E-state index < -0.39 is 7.60 Å². The summed E-state index contributed by atoms with van der Waals surface area (Å²) in [5, 5.41) is 0. The molecule has 0 fully saturated rings. The van der Waals surface area contributed by atoms with Gasteiger partial charge in [0.15, 0.2) is 6.54 Å². The number of aromatic nitrogens is 1. The van der Waals surface area contributed by atoms with Crippen LogP contribution in [0.15, 0.2) is 28.6 Å². The van der Waals surface area contributed by atoms with Crippen LogP contribution in [-0.4, -0.2) is 25.6 Å². The number of nitrogens with zero attached hydrogens (tertiary/aromatic N) is 1. The predicted octanol–water partition coefficient (Wildman–Crippen LogP) is 4.57. The molecule has 0 N–H and O–H groups in total. The van der Waals surface area contributed by atoms with Crippen LogP contribution in [0.3, 0.4) is 0 Å². The number of hydrogen-bond acceptors (Lipinski definition) is 5. The lowest BCUT2D eigenvalue weighted by Gasteiger charge is -2.15. The summed E-state index contributed by atoms with van der Waals surface area (Å²) in [5.41, 5.74) is 1.24. The van der Waals surface area contributed by atoms with E-state index in [0.29, 0.717) is 19.4 Å². The molecule has 0 radical (unpaired) electrons. The van der Waals surface area contributed by atoms with Gasteiger partial charge in [0.2, 0.25) is 5.52 Å². The van der Waals surface area contributed by atoms with Crippen molar-refractivity contribution < 1.29 is 18.2 Å². The Bertz CT molecular complexity index is 649. The summed E-state index contributed by atoms with van der Waals surface area (Å²) in [6.07, 6.45) is 3.32. The molecule has 2 rings (SSSR count). The van der Waals surface area contributed by atoms with E-state index in [9.17, 15) is 4.57 Å². The van der Waals surface area contributed by atoms with Crippen molar-refractivity contribution >= 4 is 40.9 Å². The Kier molecular flexibility index (Phi) is 6.90. The van der Waals surface area contributed by atoms with Crippen molar-refractivity contribution in [2.24, 2.45) is 0 Å². The molecule has 0 saturated carbocycles. The summed E-state index contributed by atoms with van der Waals surface area (Å²) < 4.78 is 28.1. The van der Waals surface area contributed by atoms with Crippen LogP contribution in [0.2, 0.25) is 0 Å². The highest BCUT2D eigenvalue weighted by Crippen LogP contribution is 2.48. The minimum Gasteiger partial charge on any atom is -0.309 e. The Hall–Kier alpha value is -0.390. The lowest BCUT2D eigenvalue weighted by Crippen LogP contribution is -2.34. The van der Waals surface area contributed by atoms with Gasteiger partial charge in [-0.2, -0.15) is 4.57 Å². The Morgan fingerprint density at radius 2 is 1.91 bits per heavy atom. The molecule has 1 aromatic heterocycles. The van der Waals surface area contributed by atoms with Gasteiger partial charge in [0.25, 0.3) is 4.34 Å². The standard InChI is InChI=1S/C15H23NO3PS2/c1-4-18-20(17,19-5-2)12-8-11-16-13-9-6-7-10-14(13)22-15(16)21-3/h6-7,9-10H,4-5,8,11-12H2,1-3H3/q+1. The Balaban J connectivity index is 2.09. The highest BCUT2D eigenvalue weighted by Gasteiger charge is 2.25. The maximum absolute atomic E-state index is 12.5. The SMILES string of the molecule is CCOP(=O)(CCC[n+]1c(SC)sc2ccccc21)OCC. The zero-order chi connectivity index (χ0) is 16.0. The molecular weight excluding hydrogens is 337 g/mol. The number of rotatable bonds is 9. The Morgan fingerprint density at radius 3 is 2.55 bits per heavy atom. The molecule has 0 unspecified atom stereocenters. The van der Waals surface area contributed by atoms with Gasteiger partial charge >= 0.3 is 7.60 Å². The van der Waals surface area contributed by atoms with E-state index in [0.717, 1.165) is 13.0 Å². The molecule has 0 spiro atoms. The molecule has 7 heteroatoms. The van der Waals surface area contributed by atoms with Crippen LogP contribution in [0.25, 0.3) is 10.2 Å². The molecule has 1 aromatic carbocycles. The van der Waals surface area contributed by atoms with Gasteiger partial charge in [-0.1, -0.05) is 23.5 Å². The third kappa shape index (κ3) is 4.33. The molecule has 0 bridgehead atoms. The van der Waals surface area contributed by atoms with Crippen LogP contribution in [0.4, 0.5) is 0 Å². The second kappa shape index (κ2) is 8.46. The maximum Gasteiger partial charge on any atom is 0.330 e. The highest BCUT2D eigenvalue weighted by atomic mass is 32.2. The highest BCUT2D eigenvalue weighted by molar-refractivity contribution is 8.00. The molecule has 0 aliphatic carbocycles. The topological polar surface area (TPSA) is 39.4 Å². The number of benzene rings is 1. The van der Waals surface area contributed by atoms with Gasteiger partial charge in [-0.15, -0.1) is 0 Å². The van der Waals surface area contributed by atoms with Crippen LogP contribution < -0.4 is 4.57 Å². The first-order chi connectivity index (χ1) is 10.6. The second-order valence-electron chi connectivity index (χ2n) is 4.72. The van der Waals surface area contributed by atoms with Crippen LogP contribution in [0.5, 0.6) is 0 Å². The summed E-state index contributed by atoms with van der Waals surface area (Å²) >= 11 is 3.55. The monoisotopic (exact) mass is 360 g/mol. The van der Waals surface area contributed by atoms with Gasteiger partial charge in [0, 0.05) is 12.5 Å². The number of hydrogen-bond donors (Lipinski definition) is 0. The average molecular weight is 360 g/mol. The Morgan fingerprint density at radius 1 is 1.23 bits per heavy atom. The minimum atomic E-state index is -2.94. The first-order valence-electron chi connectivity index (χ1n) is 7.47. The normalized spacial score (nSPS) is 12.1. The van der Waals surface area contributed by atoms with E-state index in [-0.39, 0.29) is 0 Å². The number of thiazole rings is 1. The van der Waals surface area contributed by atoms with Crippen molar-refractivity contribution in [1.82, 2.24) is 0 Å². The lowest BCUT2D eigenvalue weighted by molar-refractivity contribution is -0.701. The van der Waals surface area contributed by atoms with Gasteiger partial charge in [-0.05, 0) is 37.9 Å². The van der Waals surface area contributed by atoms with E-state index in [4.69, 9.17) is 9.05 Å². The van der Waals surface area contributed by atoms with Crippen molar-refractivity contribution in [3.8, 4) is 0 Å². The second-order valence-corrected chi connectivity index (χ2v) is 8.98. The van der Waals surface area contributed by atoms with Gasteiger partial charge in [0.05, 0.1) is 19.4 Å². The van der Waals surface area contributed by atoms with Crippen LogP contribution in [0, 0.1) is 0 Å². The molecule has 0 aliphatic rings. The van der Waals surface area contributed by atoms with Gasteiger partial charge in [-0.3, -0.25) is 4.57 Å². The summed E-state index contributed by atoms with van der Waals surface area (Å²) in [5.74, 6) is 0. The molecule has 0 saturated heterocycles. The quantitative estimate of drug-likeness (QED) is 0.373. The van der Waals surface area contributed by atoms with E-state index in [1.165, 1.54) is 14.6 Å². The van der Waals surface area contributed by atoms with Crippen LogP contribution >= 0.6 is 30.7 Å². The summed E-state index contributed by atoms with van der Waals surface area (Å²) in [4.78, 5) is 0. The van der Waals surface area contributed by atoms with E-state index in [2.05, 4.69) is 35.1 Å². The number of thioether (sulfide) groups is 1. The number of para-hydroxylation sites is 1. The molecule has 4 nitrogen and oxygen atoms in total. The molecule has 0 atom stereocenters. The molecule has 2 aromatic rings. The van der Waals surface area contributed by atoms with E-state index in [1.807, 2.05) is 13.8 Å². The number of fused-ring (bicyclic) bond motifs is 1. The Labute approximate surface area is 140 Å². The third-order valence-electron chi connectivity index (χ3n) is 3.21. The third-order valence-corrected chi connectivity index (χ3v) is 7.66. The molecule has 1 heterocycles. The van der Waals surface area contributed by atoms with Crippen LogP contribution in [-0.2, 0) is 20.2 Å². The van der Waals surface area contributed by atoms with Gasteiger partial charge < -0.3 is 9.05 Å². The van der Waals surface area contributed by atoms with Crippen molar-refractivity contribution in [2.45, 2.75) is 31.2 Å². The predicted molar refractivity (Wildman–Crippen MR) is 94.1 cm³/mol. The van der Waals surface area contributed by atoms with Gasteiger partial charge in [0.1, 0.15) is 4.70 Å². The fourth-order valence-corrected chi connectivity index (χ4v) is 5.94. The summed E-state index contributed by atoms with van der Waals surface area (Å²) in [6.45, 7) is 5.35. The summed E-state index contributed by atoms with van der Waals surface area (Å²) in [7, 11) is -2.94. The molecule has 122 valence electrons. The van der Waals surface area contributed by atoms with E-state index in [1.54, 1.807) is 23.1 Å². The van der Waals surface area contributed by atoms with Crippen LogP contribution in [0.1, 0.15) is 20.3 Å². The molecular formula is C15H23NO3PS2+. The van der Waals surface area contributed by atoms with Crippen molar-refractivity contribution in [1.29, 1.82) is 0 Å². The smallest absolute Gasteiger partial charge is 0.309 e. The summed E-state index contributed by atoms with van der Waals surface area (Å²) in [6, 6.07) is 8.39. The van der Waals surface area contributed by atoms with Crippen molar-refractivity contribution in [3.63, 3.8) is 0 Å². The fraction of sp³-hybridized carbons (Fsp3) is 0.533. The fourth-order valence-electron chi connectivity index (χ4n) is 2.36. The average Bonchev–Trinajstić information content (AvgIpc) is 2.86.